The van der Waals surface area contributed by atoms with E-state index in [1.165, 1.54) is 18.4 Å². The van der Waals surface area contributed by atoms with Crippen LogP contribution in [0.15, 0.2) is 30.9 Å². The molecule has 1 aromatic rings. The minimum absolute atomic E-state index is 0.702. The number of rotatable bonds is 3. The molecule has 1 aliphatic carbocycles. The lowest BCUT2D eigenvalue weighted by atomic mass is 9.91. The smallest absolute Gasteiger partial charge is 0.0318 e. The van der Waals surface area contributed by atoms with Crippen molar-refractivity contribution in [1.29, 1.82) is 0 Å². The molecule has 1 aromatic carbocycles. The van der Waals surface area contributed by atoms with Crippen LogP contribution >= 0.6 is 0 Å². The molecular formula is C15H15. The summed E-state index contributed by atoms with van der Waals surface area (Å²) in [7, 11) is 0. The molecule has 0 saturated heterocycles. The first-order chi connectivity index (χ1) is 7.27. The highest BCUT2D eigenvalue weighted by molar-refractivity contribution is 5.55. The number of hydrogen-bond acceptors (Lipinski definition) is 0. The zero-order valence-corrected chi connectivity index (χ0v) is 9.09. The Morgan fingerprint density at radius 1 is 1.53 bits per heavy atom. The van der Waals surface area contributed by atoms with Gasteiger partial charge in [0.25, 0.3) is 0 Å². The Labute approximate surface area is 92.0 Å². The van der Waals surface area contributed by atoms with Gasteiger partial charge in [0.2, 0.25) is 0 Å². The second kappa shape index (κ2) is 3.95. The van der Waals surface area contributed by atoms with Crippen molar-refractivity contribution in [3.05, 3.63) is 53.5 Å². The van der Waals surface area contributed by atoms with Crippen LogP contribution < -0.4 is 0 Å². The minimum Gasteiger partial charge on any atom is -0.115 e. The summed E-state index contributed by atoms with van der Waals surface area (Å²) in [5.74, 6) is 4.69. The quantitative estimate of drug-likeness (QED) is 0.645. The van der Waals surface area contributed by atoms with Gasteiger partial charge in [-0.15, -0.1) is 13.0 Å². The van der Waals surface area contributed by atoms with Crippen molar-refractivity contribution in [3.8, 4) is 12.3 Å². The second-order valence-corrected chi connectivity index (χ2v) is 4.08. The van der Waals surface area contributed by atoms with Gasteiger partial charge >= 0.3 is 0 Å². The Kier molecular flexibility index (Phi) is 2.64. The van der Waals surface area contributed by atoms with Crippen LogP contribution in [-0.2, 0) is 0 Å². The van der Waals surface area contributed by atoms with Crippen molar-refractivity contribution in [3.63, 3.8) is 0 Å². The summed E-state index contributed by atoms with van der Waals surface area (Å²) in [6, 6.07) is 6.33. The van der Waals surface area contributed by atoms with E-state index < -0.39 is 0 Å². The average Bonchev–Trinajstić information content (AvgIpc) is 3.10. The SMILES string of the molecule is C#Cc1c([C](C)C=C)cccc1C1CC1. The minimum atomic E-state index is 0.702. The van der Waals surface area contributed by atoms with Gasteiger partial charge in [-0.3, -0.25) is 0 Å². The first kappa shape index (κ1) is 10.1. The first-order valence-corrected chi connectivity index (χ1v) is 5.33. The Morgan fingerprint density at radius 2 is 2.27 bits per heavy atom. The highest BCUT2D eigenvalue weighted by Crippen LogP contribution is 2.42. The fourth-order valence-corrected chi connectivity index (χ4v) is 1.90. The molecule has 0 heterocycles. The van der Waals surface area contributed by atoms with Crippen LogP contribution in [0, 0.1) is 18.3 Å². The summed E-state index contributed by atoms with van der Waals surface area (Å²) in [6.07, 6.45) is 10.0. The zero-order valence-electron chi connectivity index (χ0n) is 9.09. The maximum Gasteiger partial charge on any atom is 0.0318 e. The normalized spacial score (nSPS) is 15.0. The average molecular weight is 195 g/mol. The largest absolute Gasteiger partial charge is 0.115 e. The molecule has 0 amide bonds. The molecule has 0 unspecified atom stereocenters. The number of hydrogen-bond donors (Lipinski definition) is 0. The van der Waals surface area contributed by atoms with Crippen LogP contribution in [0.5, 0.6) is 0 Å². The van der Waals surface area contributed by atoms with Gasteiger partial charge in [0, 0.05) is 11.5 Å². The molecular weight excluding hydrogens is 180 g/mol. The van der Waals surface area contributed by atoms with E-state index in [1.54, 1.807) is 0 Å². The van der Waals surface area contributed by atoms with Gasteiger partial charge in [-0.1, -0.05) is 37.1 Å². The Bertz CT molecular complexity index is 416. The van der Waals surface area contributed by atoms with Crippen molar-refractivity contribution < 1.29 is 0 Å². The molecule has 0 nitrogen and oxygen atoms in total. The highest BCUT2D eigenvalue weighted by Gasteiger charge is 2.26. The summed E-state index contributed by atoms with van der Waals surface area (Å²) >= 11 is 0. The third-order valence-corrected chi connectivity index (χ3v) is 2.99. The lowest BCUT2D eigenvalue weighted by Gasteiger charge is -2.12. The van der Waals surface area contributed by atoms with Gasteiger partial charge in [-0.25, -0.2) is 0 Å². The molecule has 0 aliphatic heterocycles. The Balaban J connectivity index is 2.50. The fraction of sp³-hybridized carbons (Fsp3) is 0.267. The van der Waals surface area contributed by atoms with Crippen LogP contribution in [0.2, 0.25) is 0 Å². The molecule has 0 spiro atoms. The van der Waals surface area contributed by atoms with E-state index in [9.17, 15) is 0 Å². The third-order valence-electron chi connectivity index (χ3n) is 2.99. The Hall–Kier alpha value is -1.48. The lowest BCUT2D eigenvalue weighted by Crippen LogP contribution is -1.98. The van der Waals surface area contributed by atoms with Gasteiger partial charge in [0.05, 0.1) is 0 Å². The van der Waals surface area contributed by atoms with Crippen LogP contribution in [0.3, 0.4) is 0 Å². The molecule has 0 heteroatoms. The van der Waals surface area contributed by atoms with Gasteiger partial charge < -0.3 is 0 Å². The molecule has 1 radical (unpaired) electrons. The molecule has 0 atom stereocenters. The summed E-state index contributed by atoms with van der Waals surface area (Å²) in [4.78, 5) is 0. The van der Waals surface area contributed by atoms with Crippen LogP contribution in [0.25, 0.3) is 0 Å². The summed E-state index contributed by atoms with van der Waals surface area (Å²) in [5.41, 5.74) is 3.57. The molecule has 1 saturated carbocycles. The molecule has 15 heavy (non-hydrogen) atoms. The van der Waals surface area contributed by atoms with E-state index in [1.807, 2.05) is 6.08 Å². The predicted octanol–water partition coefficient (Wildman–Crippen LogP) is 3.67. The molecule has 2 rings (SSSR count). The highest BCUT2D eigenvalue weighted by atomic mass is 14.3. The van der Waals surface area contributed by atoms with E-state index in [0.717, 1.165) is 17.0 Å². The van der Waals surface area contributed by atoms with E-state index in [0.29, 0.717) is 5.92 Å². The van der Waals surface area contributed by atoms with Crippen molar-refractivity contribution in [2.75, 3.05) is 0 Å². The van der Waals surface area contributed by atoms with Crippen molar-refractivity contribution >= 4 is 0 Å². The predicted molar refractivity (Wildman–Crippen MR) is 64.6 cm³/mol. The van der Waals surface area contributed by atoms with Gasteiger partial charge in [0.1, 0.15) is 0 Å². The van der Waals surface area contributed by atoms with E-state index in [-0.39, 0.29) is 0 Å². The monoisotopic (exact) mass is 195 g/mol. The van der Waals surface area contributed by atoms with Gasteiger partial charge in [-0.05, 0) is 29.9 Å². The second-order valence-electron chi connectivity index (χ2n) is 4.08. The maximum atomic E-state index is 5.61. The summed E-state index contributed by atoms with van der Waals surface area (Å²) in [5, 5.41) is 0. The van der Waals surface area contributed by atoms with Crippen LogP contribution in [-0.4, -0.2) is 0 Å². The maximum absolute atomic E-state index is 5.61. The van der Waals surface area contributed by atoms with E-state index in [2.05, 4.69) is 37.6 Å². The standard InChI is InChI=1S/C15H15/c1-4-11(3)14-7-6-8-15(12-9-10-12)13(14)5-2/h2,4,6-8,12H,1,9-10H2,3H3. The van der Waals surface area contributed by atoms with Crippen molar-refractivity contribution in [2.45, 2.75) is 25.7 Å². The number of terminal acetylenes is 1. The van der Waals surface area contributed by atoms with Gasteiger partial charge in [-0.2, -0.15) is 0 Å². The Morgan fingerprint density at radius 3 is 2.80 bits per heavy atom. The molecule has 75 valence electrons. The molecule has 0 N–H and O–H groups in total. The molecule has 0 bridgehead atoms. The summed E-state index contributed by atoms with van der Waals surface area (Å²) < 4.78 is 0. The zero-order chi connectivity index (χ0) is 10.8. The molecule has 1 aliphatic rings. The topological polar surface area (TPSA) is 0 Å². The van der Waals surface area contributed by atoms with Gasteiger partial charge in [0.15, 0.2) is 0 Å². The van der Waals surface area contributed by atoms with Crippen molar-refractivity contribution in [2.24, 2.45) is 0 Å². The van der Waals surface area contributed by atoms with E-state index in [4.69, 9.17) is 6.42 Å². The number of benzene rings is 1. The fourth-order valence-electron chi connectivity index (χ4n) is 1.90. The van der Waals surface area contributed by atoms with Crippen LogP contribution in [0.1, 0.15) is 42.4 Å². The molecule has 1 fully saturated rings. The van der Waals surface area contributed by atoms with Crippen LogP contribution in [0.4, 0.5) is 0 Å². The van der Waals surface area contributed by atoms with Crippen molar-refractivity contribution in [1.82, 2.24) is 0 Å². The number of allylic oxidation sites excluding steroid dienone is 1. The lowest BCUT2D eigenvalue weighted by molar-refractivity contribution is 1.10. The molecule has 0 aromatic heterocycles. The van der Waals surface area contributed by atoms with E-state index >= 15 is 0 Å². The summed E-state index contributed by atoms with van der Waals surface area (Å²) in [6.45, 7) is 5.85. The first-order valence-electron chi connectivity index (χ1n) is 5.33. The third kappa shape index (κ3) is 1.83.